The molecule has 1 aliphatic heterocycles. The topological polar surface area (TPSA) is 49.0 Å². The number of hydrogen-bond donors (Lipinski definition) is 1. The average molecular weight is 374 g/mol. The van der Waals surface area contributed by atoms with Crippen LogP contribution in [0.3, 0.4) is 0 Å². The molecule has 0 saturated heterocycles. The van der Waals surface area contributed by atoms with Gasteiger partial charge in [-0.25, -0.2) is 8.78 Å². The number of benzene rings is 2. The summed E-state index contributed by atoms with van der Waals surface area (Å²) in [5, 5.41) is 7.96. The molecule has 2 heterocycles. The van der Waals surface area contributed by atoms with E-state index >= 15 is 0 Å². The zero-order valence-corrected chi connectivity index (χ0v) is 14.4. The lowest BCUT2D eigenvalue weighted by Crippen LogP contribution is -2.36. The summed E-state index contributed by atoms with van der Waals surface area (Å²) in [6.45, 7) is 0.725. The van der Waals surface area contributed by atoms with Crippen LogP contribution in [-0.4, -0.2) is 27.5 Å². The van der Waals surface area contributed by atoms with Gasteiger partial charge >= 0.3 is 0 Å². The number of aromatic nitrogens is 2. The molecule has 4 nitrogen and oxygen atoms in total. The van der Waals surface area contributed by atoms with Crippen LogP contribution in [0, 0.1) is 11.6 Å². The first-order valence-corrected chi connectivity index (χ1v) is 8.47. The number of rotatable bonds is 2. The van der Waals surface area contributed by atoms with Crippen molar-refractivity contribution in [2.45, 2.75) is 13.0 Å². The normalized spacial score (nSPS) is 13.6. The van der Waals surface area contributed by atoms with Crippen molar-refractivity contribution >= 4 is 17.5 Å². The molecule has 26 heavy (non-hydrogen) atoms. The number of amides is 1. The summed E-state index contributed by atoms with van der Waals surface area (Å²) in [4.78, 5) is 14.2. The van der Waals surface area contributed by atoms with E-state index < -0.39 is 17.5 Å². The first-order chi connectivity index (χ1) is 12.5. The summed E-state index contributed by atoms with van der Waals surface area (Å²) < 4.78 is 27.1. The van der Waals surface area contributed by atoms with Crippen molar-refractivity contribution in [3.8, 4) is 11.3 Å². The maximum Gasteiger partial charge on any atom is 0.257 e. The molecule has 1 aromatic heterocycles. The van der Waals surface area contributed by atoms with E-state index in [-0.39, 0.29) is 5.56 Å². The van der Waals surface area contributed by atoms with Crippen molar-refractivity contribution in [3.63, 3.8) is 0 Å². The Balaban J connectivity index is 1.65. The lowest BCUT2D eigenvalue weighted by molar-refractivity contribution is 0.0730. The molecular formula is C19H14ClF2N3O. The SMILES string of the molecule is O=C(c1ccc(F)cc1F)N1CCc2[nH]nc(-c3cccc(Cl)c3)c2C1. The Morgan fingerprint density at radius 3 is 2.81 bits per heavy atom. The van der Waals surface area contributed by atoms with E-state index in [0.29, 0.717) is 24.5 Å². The molecule has 1 N–H and O–H groups in total. The fourth-order valence-corrected chi connectivity index (χ4v) is 3.37. The first-order valence-electron chi connectivity index (χ1n) is 8.09. The molecule has 7 heteroatoms. The third-order valence-electron chi connectivity index (χ3n) is 4.48. The number of fused-ring (bicyclic) bond motifs is 1. The molecule has 1 aliphatic rings. The van der Waals surface area contributed by atoms with Gasteiger partial charge in [-0.2, -0.15) is 5.10 Å². The largest absolute Gasteiger partial charge is 0.334 e. The molecule has 0 spiro atoms. The van der Waals surface area contributed by atoms with Crippen molar-refractivity contribution in [1.82, 2.24) is 15.1 Å². The molecule has 0 saturated carbocycles. The molecule has 4 rings (SSSR count). The van der Waals surface area contributed by atoms with E-state index in [1.165, 1.54) is 6.07 Å². The molecule has 0 radical (unpaired) electrons. The molecule has 132 valence electrons. The number of aromatic amines is 1. The zero-order chi connectivity index (χ0) is 18.3. The smallest absolute Gasteiger partial charge is 0.257 e. The van der Waals surface area contributed by atoms with Crippen molar-refractivity contribution in [2.75, 3.05) is 6.54 Å². The fraction of sp³-hybridized carbons (Fsp3) is 0.158. The Labute approximate surface area is 153 Å². The number of nitrogens with zero attached hydrogens (tertiary/aromatic N) is 2. The van der Waals surface area contributed by atoms with Crippen LogP contribution in [0.5, 0.6) is 0 Å². The molecule has 0 unspecified atom stereocenters. The lowest BCUT2D eigenvalue weighted by atomic mass is 10.0. The third kappa shape index (κ3) is 2.97. The van der Waals surface area contributed by atoms with E-state index in [4.69, 9.17) is 11.6 Å². The highest BCUT2D eigenvalue weighted by Gasteiger charge is 2.27. The zero-order valence-electron chi connectivity index (χ0n) is 13.6. The van der Waals surface area contributed by atoms with Crippen LogP contribution in [0.1, 0.15) is 21.6 Å². The van der Waals surface area contributed by atoms with Crippen LogP contribution < -0.4 is 0 Å². The van der Waals surface area contributed by atoms with Gasteiger partial charge in [0.2, 0.25) is 0 Å². The van der Waals surface area contributed by atoms with Crippen LogP contribution in [0.25, 0.3) is 11.3 Å². The van der Waals surface area contributed by atoms with Crippen molar-refractivity contribution in [3.05, 3.63) is 75.9 Å². The summed E-state index contributed by atoms with van der Waals surface area (Å²) in [6.07, 6.45) is 0.581. The molecular weight excluding hydrogens is 360 g/mol. The van der Waals surface area contributed by atoms with Crippen LogP contribution in [0.15, 0.2) is 42.5 Å². The molecule has 1 amide bonds. The van der Waals surface area contributed by atoms with Crippen molar-refractivity contribution in [2.24, 2.45) is 0 Å². The maximum absolute atomic E-state index is 14.0. The lowest BCUT2D eigenvalue weighted by Gasteiger charge is -2.27. The number of carbonyl (C=O) groups is 1. The predicted octanol–water partition coefficient (Wildman–Crippen LogP) is 4.21. The standard InChI is InChI=1S/C19H14ClF2N3O/c20-12-3-1-2-11(8-12)18-15-10-25(7-6-17(15)23-24-18)19(26)14-5-4-13(21)9-16(14)22/h1-5,8-9H,6-7,10H2,(H,23,24). The number of carbonyl (C=O) groups excluding carboxylic acids is 1. The summed E-state index contributed by atoms with van der Waals surface area (Å²) in [7, 11) is 0. The van der Waals surface area contributed by atoms with Gasteiger partial charge in [0.25, 0.3) is 5.91 Å². The van der Waals surface area contributed by atoms with Crippen LogP contribution in [-0.2, 0) is 13.0 Å². The highest BCUT2D eigenvalue weighted by atomic mass is 35.5. The van der Waals surface area contributed by atoms with E-state index in [9.17, 15) is 13.6 Å². The third-order valence-corrected chi connectivity index (χ3v) is 4.72. The van der Waals surface area contributed by atoms with E-state index in [2.05, 4.69) is 10.2 Å². The number of hydrogen-bond acceptors (Lipinski definition) is 2. The minimum Gasteiger partial charge on any atom is -0.334 e. The summed E-state index contributed by atoms with van der Waals surface area (Å²) in [5.41, 5.74) is 3.26. The van der Waals surface area contributed by atoms with Crippen LogP contribution in [0.2, 0.25) is 5.02 Å². The Hall–Kier alpha value is -2.73. The highest BCUT2D eigenvalue weighted by molar-refractivity contribution is 6.30. The predicted molar refractivity (Wildman–Crippen MR) is 93.8 cm³/mol. The van der Waals surface area contributed by atoms with Crippen LogP contribution >= 0.6 is 11.6 Å². The Morgan fingerprint density at radius 1 is 1.19 bits per heavy atom. The van der Waals surface area contributed by atoms with Gasteiger partial charge in [-0.15, -0.1) is 0 Å². The fourth-order valence-electron chi connectivity index (χ4n) is 3.18. The number of halogens is 3. The van der Waals surface area contributed by atoms with Gasteiger partial charge in [-0.05, 0) is 24.3 Å². The molecule has 0 atom stereocenters. The second-order valence-corrected chi connectivity index (χ2v) is 6.58. The van der Waals surface area contributed by atoms with Gasteiger partial charge in [0, 0.05) is 47.4 Å². The van der Waals surface area contributed by atoms with Crippen molar-refractivity contribution in [1.29, 1.82) is 0 Å². The second-order valence-electron chi connectivity index (χ2n) is 6.14. The van der Waals surface area contributed by atoms with Gasteiger partial charge in [-0.1, -0.05) is 23.7 Å². The van der Waals surface area contributed by atoms with Gasteiger partial charge < -0.3 is 4.90 Å². The van der Waals surface area contributed by atoms with Gasteiger partial charge in [0.05, 0.1) is 11.3 Å². The summed E-state index contributed by atoms with van der Waals surface area (Å²) >= 11 is 6.06. The average Bonchev–Trinajstić information content (AvgIpc) is 3.04. The minimum atomic E-state index is -0.858. The quantitative estimate of drug-likeness (QED) is 0.731. The monoisotopic (exact) mass is 373 g/mol. The van der Waals surface area contributed by atoms with Crippen molar-refractivity contribution < 1.29 is 13.6 Å². The van der Waals surface area contributed by atoms with Gasteiger partial charge in [-0.3, -0.25) is 9.89 Å². The molecule has 2 aromatic carbocycles. The molecule has 0 bridgehead atoms. The Bertz CT molecular complexity index is 1000. The Kier molecular flexibility index (Phi) is 4.20. The van der Waals surface area contributed by atoms with Crippen LogP contribution in [0.4, 0.5) is 8.78 Å². The number of nitrogens with one attached hydrogen (secondary N) is 1. The van der Waals surface area contributed by atoms with Gasteiger partial charge in [0.1, 0.15) is 11.6 Å². The Morgan fingerprint density at radius 2 is 2.04 bits per heavy atom. The van der Waals surface area contributed by atoms with E-state index in [0.717, 1.165) is 34.6 Å². The van der Waals surface area contributed by atoms with E-state index in [1.54, 1.807) is 17.0 Å². The second kappa shape index (κ2) is 6.53. The van der Waals surface area contributed by atoms with Gasteiger partial charge in [0.15, 0.2) is 0 Å². The maximum atomic E-state index is 14.0. The number of H-pyrrole nitrogens is 1. The highest BCUT2D eigenvalue weighted by Crippen LogP contribution is 2.30. The summed E-state index contributed by atoms with van der Waals surface area (Å²) in [5.74, 6) is -2.03. The van der Waals surface area contributed by atoms with E-state index in [1.807, 2.05) is 12.1 Å². The molecule has 0 aliphatic carbocycles. The molecule has 3 aromatic rings. The summed E-state index contributed by atoms with van der Waals surface area (Å²) in [6, 6.07) is 10.3. The molecule has 0 fully saturated rings. The minimum absolute atomic E-state index is 0.136. The first kappa shape index (κ1) is 16.7.